The van der Waals surface area contributed by atoms with Crippen LogP contribution in [0.25, 0.3) is 16.9 Å². The zero-order valence-electron chi connectivity index (χ0n) is 27.7. The number of ketones is 2. The lowest BCUT2D eigenvalue weighted by Gasteiger charge is -2.50. The van der Waals surface area contributed by atoms with Crippen LogP contribution in [0.4, 0.5) is 5.69 Å². The van der Waals surface area contributed by atoms with Gasteiger partial charge in [0.2, 0.25) is 11.6 Å². The van der Waals surface area contributed by atoms with Crippen LogP contribution in [0.5, 0.6) is 5.75 Å². The molecule has 1 saturated carbocycles. The molecule has 0 aromatic heterocycles. The molecule has 0 radical (unpaired) electrons. The molecule has 48 heavy (non-hydrogen) atoms. The first-order valence-corrected chi connectivity index (χ1v) is 15.4. The first-order valence-electron chi connectivity index (χ1n) is 15.4. The van der Waals surface area contributed by atoms with E-state index < -0.39 is 58.0 Å². The van der Waals surface area contributed by atoms with E-state index in [1.165, 1.54) is 4.90 Å². The second kappa shape index (κ2) is 12.6. The lowest BCUT2D eigenvalue weighted by Crippen LogP contribution is -2.67. The molecule has 2 aromatic carbocycles. The van der Waals surface area contributed by atoms with E-state index in [-0.39, 0.29) is 41.2 Å². The van der Waals surface area contributed by atoms with Crippen LogP contribution >= 0.6 is 0 Å². The molecule has 0 bridgehead atoms. The zero-order chi connectivity index (χ0) is 35.4. The van der Waals surface area contributed by atoms with E-state index in [0.717, 1.165) is 0 Å². The van der Waals surface area contributed by atoms with Crippen molar-refractivity contribution in [2.24, 2.45) is 22.7 Å². The van der Waals surface area contributed by atoms with E-state index in [9.17, 15) is 39.4 Å². The van der Waals surface area contributed by atoms with Gasteiger partial charge < -0.3 is 41.1 Å². The van der Waals surface area contributed by atoms with E-state index >= 15 is 0 Å². The van der Waals surface area contributed by atoms with Crippen molar-refractivity contribution in [2.75, 3.05) is 60.3 Å². The number of primary amides is 1. The SMILES string of the molecule is CN(C)CCNC(=O)c1cccc(-c2cc(N(C)C)c3c(c2O)C(O)=C2C(=O)[C@]4(O)C(=O)C(C(N)=O)=C(N=O)[C@@H](N(C)C)[C@@H]4C[C@@H]2C3)c1. The van der Waals surface area contributed by atoms with Gasteiger partial charge in [0, 0.05) is 55.5 Å². The molecule has 2 aromatic rings. The average molecular weight is 661 g/mol. The lowest BCUT2D eigenvalue weighted by atomic mass is 9.56. The van der Waals surface area contributed by atoms with E-state index in [2.05, 4.69) is 10.5 Å². The number of anilines is 1. The molecule has 1 fully saturated rings. The number of amides is 2. The molecule has 14 heteroatoms. The Balaban J connectivity index is 1.67. The Hall–Kier alpha value is -4.92. The smallest absolute Gasteiger partial charge is 0.254 e. The summed E-state index contributed by atoms with van der Waals surface area (Å²) in [5, 5.41) is 41.3. The van der Waals surface area contributed by atoms with Gasteiger partial charge in [0.05, 0.1) is 11.6 Å². The second-order valence-electron chi connectivity index (χ2n) is 13.2. The van der Waals surface area contributed by atoms with Gasteiger partial charge in [0.25, 0.3) is 11.8 Å². The van der Waals surface area contributed by atoms with Crippen LogP contribution in [0.2, 0.25) is 0 Å². The van der Waals surface area contributed by atoms with Gasteiger partial charge in [-0.25, -0.2) is 0 Å². The summed E-state index contributed by atoms with van der Waals surface area (Å²) < 4.78 is 0. The van der Waals surface area contributed by atoms with E-state index in [0.29, 0.717) is 35.5 Å². The predicted octanol–water partition coefficient (Wildman–Crippen LogP) is 1.20. The number of hydrogen-bond acceptors (Lipinski definition) is 12. The van der Waals surface area contributed by atoms with Crippen molar-refractivity contribution in [3.05, 3.63) is 68.8 Å². The number of carbonyl (C=O) groups excluding carboxylic acids is 4. The Labute approximate surface area is 277 Å². The number of phenols is 1. The molecule has 4 atom stereocenters. The largest absolute Gasteiger partial charge is 0.507 e. The lowest BCUT2D eigenvalue weighted by molar-refractivity contribution is -0.161. The minimum absolute atomic E-state index is 0.0406. The van der Waals surface area contributed by atoms with Gasteiger partial charge in [-0.1, -0.05) is 12.1 Å². The number of nitrogens with zero attached hydrogens (tertiary/aromatic N) is 4. The van der Waals surface area contributed by atoms with Crippen LogP contribution < -0.4 is 16.0 Å². The minimum Gasteiger partial charge on any atom is -0.507 e. The van der Waals surface area contributed by atoms with Gasteiger partial charge in [0.15, 0.2) is 5.60 Å². The van der Waals surface area contributed by atoms with Gasteiger partial charge in [-0.05, 0) is 81.5 Å². The van der Waals surface area contributed by atoms with Crippen LogP contribution in [0.3, 0.4) is 0 Å². The minimum atomic E-state index is -2.84. The van der Waals surface area contributed by atoms with Crippen molar-refractivity contribution in [3.63, 3.8) is 0 Å². The van der Waals surface area contributed by atoms with Crippen molar-refractivity contribution in [1.82, 2.24) is 15.1 Å². The molecule has 0 spiro atoms. The van der Waals surface area contributed by atoms with Gasteiger partial charge in [-0.2, -0.15) is 0 Å². The maximum Gasteiger partial charge on any atom is 0.254 e. The van der Waals surface area contributed by atoms with Crippen molar-refractivity contribution < 1.29 is 34.5 Å². The Kier molecular flexibility index (Phi) is 9.03. The number of Topliss-reactive ketones (excluding diaryl/α,β-unsaturated/α-hetero) is 2. The summed E-state index contributed by atoms with van der Waals surface area (Å²) in [6.45, 7) is 1.07. The van der Waals surface area contributed by atoms with Crippen molar-refractivity contribution in [2.45, 2.75) is 24.5 Å². The third kappa shape index (κ3) is 5.35. The zero-order valence-corrected chi connectivity index (χ0v) is 27.7. The Morgan fingerprint density at radius 1 is 1.06 bits per heavy atom. The van der Waals surface area contributed by atoms with Gasteiger partial charge in [-0.3, -0.25) is 19.2 Å². The first kappa shape index (κ1) is 34.4. The number of hydrogen-bond donors (Lipinski definition) is 5. The summed E-state index contributed by atoms with van der Waals surface area (Å²) in [4.78, 5) is 70.4. The van der Waals surface area contributed by atoms with Crippen LogP contribution in [0.15, 0.2) is 52.4 Å². The van der Waals surface area contributed by atoms with Gasteiger partial charge in [-0.15, -0.1) is 4.91 Å². The molecule has 6 N–H and O–H groups in total. The summed E-state index contributed by atoms with van der Waals surface area (Å²) in [5.41, 5.74) is 3.20. The number of likely N-dealkylation sites (N-methyl/N-ethyl adjacent to an activating group) is 2. The van der Waals surface area contributed by atoms with Crippen molar-refractivity contribution >= 4 is 34.8 Å². The number of nitroso groups, excluding NO2 is 1. The summed E-state index contributed by atoms with van der Waals surface area (Å²) in [5.74, 6) is -7.02. The quantitative estimate of drug-likeness (QED) is 0.147. The molecule has 5 rings (SSSR count). The molecule has 254 valence electrons. The van der Waals surface area contributed by atoms with Crippen LogP contribution in [-0.2, 0) is 20.8 Å². The van der Waals surface area contributed by atoms with Crippen LogP contribution in [0, 0.1) is 16.7 Å². The summed E-state index contributed by atoms with van der Waals surface area (Å²) in [6, 6.07) is 7.24. The standard InChI is InChI=1S/C34H40N6O8/c1-38(2)11-10-36-33(46)17-9-7-8-16(12-17)19-15-22(39(3)4)20-13-18-14-21-27(40(5)6)26(37-48)25(32(35)45)31(44)34(21,47)30(43)23(18)29(42)24(20)28(19)41/h7-9,12,15,18,21,27,41-42,47H,10-11,13-14H2,1-6H3,(H2,35,45)(H,36,46)/t18-,21-,27-,34-/m0/s1. The van der Waals surface area contributed by atoms with Gasteiger partial charge >= 0.3 is 0 Å². The Morgan fingerprint density at radius 3 is 2.33 bits per heavy atom. The van der Waals surface area contributed by atoms with Gasteiger partial charge in [0.1, 0.15) is 22.8 Å². The predicted molar refractivity (Wildman–Crippen MR) is 178 cm³/mol. The highest BCUT2D eigenvalue weighted by molar-refractivity contribution is 6.33. The molecule has 3 aliphatic rings. The van der Waals surface area contributed by atoms with Crippen LogP contribution in [0.1, 0.15) is 27.9 Å². The Bertz CT molecular complexity index is 1810. The van der Waals surface area contributed by atoms with Crippen molar-refractivity contribution in [1.29, 1.82) is 0 Å². The summed E-state index contributed by atoms with van der Waals surface area (Å²) in [6.07, 6.45) is 0.0917. The molecular weight excluding hydrogens is 620 g/mol. The highest BCUT2D eigenvalue weighted by Gasteiger charge is 2.65. The maximum atomic E-state index is 14.3. The number of fused-ring (bicyclic) bond motifs is 3. The summed E-state index contributed by atoms with van der Waals surface area (Å²) >= 11 is 0. The molecular formula is C34H40N6O8. The third-order valence-electron chi connectivity index (χ3n) is 9.55. The highest BCUT2D eigenvalue weighted by Crippen LogP contribution is 2.54. The number of phenolic OH excluding ortho intramolecular Hbond substituents is 1. The number of aromatic hydroxyl groups is 1. The number of aliphatic hydroxyl groups is 2. The highest BCUT2D eigenvalue weighted by atomic mass is 16.3. The van der Waals surface area contributed by atoms with E-state index in [4.69, 9.17) is 5.73 Å². The molecule has 0 unspecified atom stereocenters. The van der Waals surface area contributed by atoms with Crippen LogP contribution in [-0.4, -0.2) is 116 Å². The molecule has 14 nitrogen and oxygen atoms in total. The fourth-order valence-electron chi connectivity index (χ4n) is 7.34. The molecule has 3 aliphatic carbocycles. The number of rotatable bonds is 9. The monoisotopic (exact) mass is 660 g/mol. The maximum absolute atomic E-state index is 14.3. The Morgan fingerprint density at radius 2 is 1.75 bits per heavy atom. The number of nitrogens with one attached hydrogen (secondary N) is 1. The normalized spacial score (nSPS) is 23.6. The topological polar surface area (TPSA) is 206 Å². The first-order chi connectivity index (χ1) is 22.6. The fourth-order valence-corrected chi connectivity index (χ4v) is 7.34. The second-order valence-corrected chi connectivity index (χ2v) is 13.2. The molecule has 2 amide bonds. The van der Waals surface area contributed by atoms with E-state index in [1.54, 1.807) is 63.4 Å². The number of carbonyl (C=O) groups is 4. The molecule has 0 aliphatic heterocycles. The number of aliphatic hydroxyl groups excluding tert-OH is 1. The average Bonchev–Trinajstić information content (AvgIpc) is 3.01. The number of nitrogens with two attached hydrogens (primary N) is 1. The number of benzene rings is 2. The molecule has 0 saturated heterocycles. The van der Waals surface area contributed by atoms with E-state index in [1.807, 2.05) is 19.0 Å². The third-order valence-corrected chi connectivity index (χ3v) is 9.55. The van der Waals surface area contributed by atoms with Crippen molar-refractivity contribution in [3.8, 4) is 16.9 Å². The molecule has 0 heterocycles. The summed E-state index contributed by atoms with van der Waals surface area (Å²) in [7, 11) is 10.5. The fraction of sp³-hybridized carbons (Fsp3) is 0.412.